The summed E-state index contributed by atoms with van der Waals surface area (Å²) in [5.74, 6) is -7.91. The number of methoxy groups -OCH3 is 1. The van der Waals surface area contributed by atoms with Gasteiger partial charge in [0.05, 0.1) is 180 Å². The van der Waals surface area contributed by atoms with Crippen molar-refractivity contribution in [2.24, 2.45) is 5.41 Å². The first-order chi connectivity index (χ1) is 45.8. The molecule has 1 aliphatic heterocycles. The molecule has 2 aromatic carbocycles. The summed E-state index contributed by atoms with van der Waals surface area (Å²) >= 11 is 0. The molecule has 94 heavy (non-hydrogen) atoms. The lowest BCUT2D eigenvalue weighted by molar-refractivity contribution is -0.136. The number of benzene rings is 2. The lowest BCUT2D eigenvalue weighted by Gasteiger charge is -2.30. The van der Waals surface area contributed by atoms with Crippen LogP contribution in [0.3, 0.4) is 0 Å². The van der Waals surface area contributed by atoms with Gasteiger partial charge in [-0.2, -0.15) is 9.94 Å². The van der Waals surface area contributed by atoms with E-state index in [1.165, 1.54) is 35.4 Å². The van der Waals surface area contributed by atoms with Crippen molar-refractivity contribution in [3.63, 3.8) is 0 Å². The average molecular weight is 1320 g/mol. The number of esters is 1. The van der Waals surface area contributed by atoms with E-state index in [1.54, 1.807) is 10.9 Å². The molecule has 0 atom stereocenters. The van der Waals surface area contributed by atoms with Crippen LogP contribution in [0.25, 0.3) is 22.3 Å². The van der Waals surface area contributed by atoms with E-state index >= 15 is 0 Å². The number of amides is 3. The Morgan fingerprint density at radius 1 is 0.766 bits per heavy atom. The number of aliphatic hydroxyl groups excluding tert-OH is 2. The summed E-state index contributed by atoms with van der Waals surface area (Å²) in [7, 11) is 1.40. The molecule has 3 amide bonds. The number of aromatic amines is 1. The molecular formula is C62H77F3N12O17. The summed E-state index contributed by atoms with van der Waals surface area (Å²) in [6, 6.07) is 12.4. The smallest absolute Gasteiger partial charge is 0.313 e. The Morgan fingerprint density at radius 2 is 1.37 bits per heavy atom. The monoisotopic (exact) mass is 1320 g/mol. The van der Waals surface area contributed by atoms with Crippen molar-refractivity contribution >= 4 is 46.0 Å². The highest BCUT2D eigenvalue weighted by molar-refractivity contribution is 6.45. The number of H-pyrrole nitrogens is 1. The highest BCUT2D eigenvalue weighted by Crippen LogP contribution is 2.33. The number of carbonyl (C=O) groups excluding carboxylic acids is 5. The highest BCUT2D eigenvalue weighted by atomic mass is 19.1. The van der Waals surface area contributed by atoms with E-state index in [9.17, 15) is 52.6 Å². The molecule has 0 unspecified atom stereocenters. The third kappa shape index (κ3) is 22.6. The largest absolute Gasteiger partial charge is 0.494 e. The van der Waals surface area contributed by atoms with E-state index in [1.807, 2.05) is 30.3 Å². The fourth-order valence-electron chi connectivity index (χ4n) is 9.43. The topological polar surface area (TPSA) is 359 Å². The Kier molecular flexibility index (Phi) is 30.3. The van der Waals surface area contributed by atoms with Gasteiger partial charge in [-0.25, -0.2) is 27.8 Å². The molecule has 5 N–H and O–H groups in total. The molecule has 0 bridgehead atoms. The van der Waals surface area contributed by atoms with Gasteiger partial charge in [0.1, 0.15) is 23.6 Å². The normalized spacial score (nSPS) is 12.5. The molecule has 1 aliphatic rings. The van der Waals surface area contributed by atoms with Crippen LogP contribution in [-0.2, 0) is 65.4 Å². The van der Waals surface area contributed by atoms with Crippen LogP contribution in [0.15, 0.2) is 73.0 Å². The average Bonchev–Trinajstić information content (AvgIpc) is 1.59. The molecule has 508 valence electrons. The van der Waals surface area contributed by atoms with Gasteiger partial charge in [-0.3, -0.25) is 24.0 Å². The number of aliphatic hydroxyl groups is 2. The number of ketones is 1. The van der Waals surface area contributed by atoms with Crippen molar-refractivity contribution in [3.05, 3.63) is 113 Å². The van der Waals surface area contributed by atoms with Gasteiger partial charge in [0.25, 0.3) is 17.6 Å². The zero-order valence-electron chi connectivity index (χ0n) is 52.0. The summed E-state index contributed by atoms with van der Waals surface area (Å²) in [4.78, 5) is 78.1. The Bertz CT molecular complexity index is 3440. The second-order valence-electron chi connectivity index (χ2n) is 21.1. The molecule has 0 spiro atoms. The lowest BCUT2D eigenvalue weighted by Crippen LogP contribution is -2.43. The summed E-state index contributed by atoms with van der Waals surface area (Å²) in [5.41, 5.74) is 2.22. The molecule has 5 heterocycles. The number of Topliss-reactive ketones (excluding diaryl/α,β-unsaturated/α-hetero) is 1. The van der Waals surface area contributed by atoms with Gasteiger partial charge in [-0.1, -0.05) is 35.5 Å². The van der Waals surface area contributed by atoms with Crippen molar-refractivity contribution in [3.8, 4) is 23.4 Å². The molecule has 32 heteroatoms. The number of rotatable bonds is 44. The molecule has 6 aromatic rings. The molecule has 29 nitrogen and oxygen atoms in total. The molecule has 0 aliphatic carbocycles. The van der Waals surface area contributed by atoms with Gasteiger partial charge in [-0.15, -0.1) is 10.2 Å². The number of pyridine rings is 1. The van der Waals surface area contributed by atoms with Gasteiger partial charge in [0.2, 0.25) is 17.5 Å². The molecular weight excluding hydrogens is 1240 g/mol. The first-order valence-electron chi connectivity index (χ1n) is 30.4. The number of nitriles is 1. The van der Waals surface area contributed by atoms with E-state index in [0.717, 1.165) is 11.1 Å². The summed E-state index contributed by atoms with van der Waals surface area (Å²) in [6.07, 6.45) is 7.00. The van der Waals surface area contributed by atoms with E-state index in [2.05, 4.69) is 51.8 Å². The second-order valence-corrected chi connectivity index (χ2v) is 21.1. The van der Waals surface area contributed by atoms with Crippen LogP contribution in [0, 0.1) is 34.2 Å². The number of hydrogen-bond donors (Lipinski definition) is 5. The van der Waals surface area contributed by atoms with Crippen molar-refractivity contribution in [1.82, 2.24) is 55.3 Å². The van der Waals surface area contributed by atoms with Crippen LogP contribution in [0.5, 0.6) is 11.5 Å². The Morgan fingerprint density at radius 3 is 1.99 bits per heavy atom. The number of likely N-dealkylation sites (tertiary alicyclic amines) is 1. The van der Waals surface area contributed by atoms with Gasteiger partial charge < -0.3 is 78.1 Å². The summed E-state index contributed by atoms with van der Waals surface area (Å²) < 4.78 is 97.1. The third-order valence-corrected chi connectivity index (χ3v) is 14.5. The maximum atomic E-state index is 13.8. The van der Waals surface area contributed by atoms with Crippen LogP contribution in [0.1, 0.15) is 70.8 Å². The maximum absolute atomic E-state index is 13.8. The summed E-state index contributed by atoms with van der Waals surface area (Å²) in [6.45, 7) is 4.44. The highest BCUT2D eigenvalue weighted by Gasteiger charge is 2.32. The first kappa shape index (κ1) is 72.8. The maximum Gasteiger partial charge on any atom is 0.313 e. The number of fused-ring (bicyclic) bond motifs is 1. The third-order valence-electron chi connectivity index (χ3n) is 14.5. The number of piperidine rings is 1. The molecule has 0 saturated carbocycles. The van der Waals surface area contributed by atoms with Crippen LogP contribution in [-0.4, -0.2) is 230 Å². The number of ether oxygens (including phenoxy) is 10. The standard InChI is InChI=1S/C62H77F3N12O17/c1-85-51-36-69-59(55-54(51)48(35-68-55)56(82)61(84)75-14-8-44(9-15-75)47(34-66)43-6-3-2-4-7-43)77-42-71-58(73-77)60(83)67-13-5-12-62(40-78,41-79)39-70-52(80)10-17-86-20-23-89-28-29-92-30-31-93-38-46-37-76(74-72-46)16-19-88-22-25-91-27-26-90-24-21-87-18-11-53(81)94-57-49(64)32-45(63)33-50(57)65/h2-4,6-7,32-33,35-37,42,68,78-79H,5,8-31,38-41H2,1H3,(H,67,83)(H,70,80). The van der Waals surface area contributed by atoms with E-state index in [0.29, 0.717) is 114 Å². The van der Waals surface area contributed by atoms with E-state index < -0.39 is 65.4 Å². The van der Waals surface area contributed by atoms with Gasteiger partial charge >= 0.3 is 5.97 Å². The van der Waals surface area contributed by atoms with Crippen molar-refractivity contribution < 1.29 is 94.7 Å². The molecule has 0 radical (unpaired) electrons. The van der Waals surface area contributed by atoms with Crippen LogP contribution >= 0.6 is 0 Å². The van der Waals surface area contributed by atoms with Crippen molar-refractivity contribution in [1.29, 1.82) is 5.26 Å². The Hall–Kier alpha value is -8.62. The molecule has 1 fully saturated rings. The minimum atomic E-state index is -1.32. The quantitative estimate of drug-likeness (QED) is 0.00915. The van der Waals surface area contributed by atoms with Gasteiger partial charge in [0.15, 0.2) is 17.5 Å². The van der Waals surface area contributed by atoms with Crippen molar-refractivity contribution in [2.45, 2.75) is 51.7 Å². The minimum Gasteiger partial charge on any atom is -0.494 e. The predicted octanol–water partition coefficient (Wildman–Crippen LogP) is 3.26. The SMILES string of the molecule is COc1cnc(-n2cnc(C(=O)NCCCC(CO)(CO)CNC(=O)CCOCCOCCOCCOCc3cn(CCOCCOCCOCCOCCC(=O)Oc4c(F)cc(F)cc4F)nn3)n2)c2[nH]cc(C(=O)C(=O)N3CCC(=C(C#N)c4ccccc4)CC3)c12. The van der Waals surface area contributed by atoms with Gasteiger partial charge in [0, 0.05) is 56.3 Å². The number of nitrogens with zero attached hydrogens (tertiary/aromatic N) is 9. The van der Waals surface area contributed by atoms with Crippen molar-refractivity contribution in [2.75, 3.05) is 146 Å². The number of carbonyl (C=O) groups is 5. The van der Waals surface area contributed by atoms with Crippen LogP contribution in [0.4, 0.5) is 13.2 Å². The number of nitrogens with one attached hydrogen (secondary N) is 3. The fourth-order valence-corrected chi connectivity index (χ4v) is 9.43. The fraction of sp³-hybridized carbons (Fsp3) is 0.500. The van der Waals surface area contributed by atoms with Gasteiger partial charge in [-0.05, 0) is 36.8 Å². The minimum absolute atomic E-state index is 0.0245. The zero-order chi connectivity index (χ0) is 66.9. The first-order valence-corrected chi connectivity index (χ1v) is 30.4. The number of allylic oxidation sites excluding steroid dienone is 1. The lowest BCUT2D eigenvalue weighted by atomic mass is 9.84. The van der Waals surface area contributed by atoms with E-state index in [-0.39, 0.29) is 126 Å². The summed E-state index contributed by atoms with van der Waals surface area (Å²) in [5, 5.41) is 48.6. The number of aromatic nitrogens is 8. The Balaban J connectivity index is 0.661. The molecule has 1 saturated heterocycles. The number of hydrogen-bond acceptors (Lipinski definition) is 23. The molecule has 4 aromatic heterocycles. The Labute approximate surface area is 538 Å². The zero-order valence-corrected chi connectivity index (χ0v) is 52.0. The molecule has 7 rings (SSSR count). The van der Waals surface area contributed by atoms with Crippen LogP contribution in [0.2, 0.25) is 0 Å². The van der Waals surface area contributed by atoms with E-state index in [4.69, 9.17) is 42.6 Å². The predicted molar refractivity (Wildman–Crippen MR) is 324 cm³/mol. The van der Waals surface area contributed by atoms with Crippen LogP contribution < -0.4 is 20.1 Å². The second kappa shape index (κ2) is 39.2. The number of halogens is 3.